The van der Waals surface area contributed by atoms with Gasteiger partial charge in [0.1, 0.15) is 17.3 Å². The molecule has 2 heterocycles. The molecular weight excluding hydrogens is 420 g/mol. The van der Waals surface area contributed by atoms with Gasteiger partial charge in [0.15, 0.2) is 0 Å². The van der Waals surface area contributed by atoms with E-state index in [1.54, 1.807) is 26.4 Å². The van der Waals surface area contributed by atoms with Crippen LogP contribution in [0.2, 0.25) is 0 Å². The van der Waals surface area contributed by atoms with E-state index in [9.17, 15) is 9.59 Å². The fraction of sp³-hybridized carbons (Fsp3) is 0.320. The van der Waals surface area contributed by atoms with Crippen molar-refractivity contribution in [1.82, 2.24) is 15.2 Å². The van der Waals surface area contributed by atoms with Gasteiger partial charge < -0.3 is 25.0 Å². The highest BCUT2D eigenvalue weighted by Crippen LogP contribution is 2.32. The summed E-state index contributed by atoms with van der Waals surface area (Å²) in [6, 6.07) is 14.7. The summed E-state index contributed by atoms with van der Waals surface area (Å²) in [6.07, 6.45) is 2.27. The van der Waals surface area contributed by atoms with Gasteiger partial charge in [-0.2, -0.15) is 0 Å². The van der Waals surface area contributed by atoms with Crippen LogP contribution in [0, 0.1) is 0 Å². The highest BCUT2D eigenvalue weighted by Gasteiger charge is 2.19. The molecule has 0 atom stereocenters. The maximum Gasteiger partial charge on any atom is 0.252 e. The van der Waals surface area contributed by atoms with Gasteiger partial charge in [0.05, 0.1) is 31.0 Å². The minimum Gasteiger partial charge on any atom is -0.497 e. The van der Waals surface area contributed by atoms with Crippen molar-refractivity contribution in [3.8, 4) is 11.5 Å². The summed E-state index contributed by atoms with van der Waals surface area (Å²) < 4.78 is 10.7. The zero-order valence-electron chi connectivity index (χ0n) is 18.9. The number of likely N-dealkylation sites (tertiary alicyclic amines) is 1. The van der Waals surface area contributed by atoms with E-state index in [1.165, 1.54) is 0 Å². The number of pyridine rings is 1. The van der Waals surface area contributed by atoms with Gasteiger partial charge in [0.25, 0.3) is 5.91 Å². The number of carbonyl (C=O) groups is 2. The fourth-order valence-corrected chi connectivity index (χ4v) is 3.97. The van der Waals surface area contributed by atoms with E-state index in [0.717, 1.165) is 18.4 Å². The molecule has 8 nitrogen and oxygen atoms in total. The highest BCUT2D eigenvalue weighted by molar-refractivity contribution is 6.07. The van der Waals surface area contributed by atoms with Crippen LogP contribution >= 0.6 is 0 Å². The van der Waals surface area contributed by atoms with Crippen LogP contribution in [0.25, 0.3) is 10.9 Å². The molecule has 0 bridgehead atoms. The third kappa shape index (κ3) is 5.16. The second kappa shape index (κ2) is 10.2. The maximum absolute atomic E-state index is 13.0. The van der Waals surface area contributed by atoms with Crippen molar-refractivity contribution < 1.29 is 19.1 Å². The number of hydrogen-bond acceptors (Lipinski definition) is 6. The predicted octanol–water partition coefficient (Wildman–Crippen LogP) is 3.74. The van der Waals surface area contributed by atoms with E-state index in [0.29, 0.717) is 60.0 Å². The molecule has 0 saturated carbocycles. The van der Waals surface area contributed by atoms with Crippen LogP contribution in [-0.2, 0) is 4.79 Å². The molecule has 172 valence electrons. The third-order valence-electron chi connectivity index (χ3n) is 5.69. The summed E-state index contributed by atoms with van der Waals surface area (Å²) >= 11 is 0. The molecule has 2 N–H and O–H groups in total. The number of hydrogen-bond donors (Lipinski definition) is 2. The minimum atomic E-state index is -0.175. The van der Waals surface area contributed by atoms with Crippen molar-refractivity contribution >= 4 is 34.2 Å². The van der Waals surface area contributed by atoms with Crippen LogP contribution in [-0.4, -0.2) is 55.6 Å². The lowest BCUT2D eigenvalue weighted by atomic mass is 10.1. The van der Waals surface area contributed by atoms with Crippen molar-refractivity contribution in [2.45, 2.75) is 19.3 Å². The Morgan fingerprint density at radius 3 is 2.73 bits per heavy atom. The molecule has 1 aromatic heterocycles. The normalized spacial score (nSPS) is 13.3. The highest BCUT2D eigenvalue weighted by atomic mass is 16.5. The Hall–Kier alpha value is -3.81. The van der Waals surface area contributed by atoms with Crippen molar-refractivity contribution in [2.24, 2.45) is 0 Å². The van der Waals surface area contributed by atoms with Gasteiger partial charge in [0.2, 0.25) is 5.91 Å². The number of aromatic nitrogens is 1. The second-order valence-electron chi connectivity index (χ2n) is 7.86. The Morgan fingerprint density at radius 1 is 1.12 bits per heavy atom. The zero-order chi connectivity index (χ0) is 23.2. The Balaban J connectivity index is 1.51. The van der Waals surface area contributed by atoms with Crippen LogP contribution in [0.4, 0.5) is 11.5 Å². The number of fused-ring (bicyclic) bond motifs is 1. The first-order valence-electron chi connectivity index (χ1n) is 11.0. The molecule has 0 radical (unpaired) electrons. The first-order valence-corrected chi connectivity index (χ1v) is 11.0. The molecule has 1 aliphatic heterocycles. The number of para-hydroxylation sites is 1. The molecule has 8 heteroatoms. The van der Waals surface area contributed by atoms with Crippen molar-refractivity contribution in [2.75, 3.05) is 39.2 Å². The number of nitrogens with zero attached hydrogens (tertiary/aromatic N) is 2. The van der Waals surface area contributed by atoms with Gasteiger partial charge in [-0.15, -0.1) is 0 Å². The average molecular weight is 449 g/mol. The standard InChI is InChI=1S/C25H28N4O4/c1-32-17-10-11-21(22(15-17)33-2)28-23-16-19(18-7-3-4-8-20(18)27-23)25(31)26-12-6-14-29-13-5-9-24(29)30/h3-4,7-8,10-11,15-16H,5-6,9,12-14H2,1-2H3,(H,26,31)(H,27,28). The predicted molar refractivity (Wildman–Crippen MR) is 127 cm³/mol. The Morgan fingerprint density at radius 2 is 1.97 bits per heavy atom. The lowest BCUT2D eigenvalue weighted by Gasteiger charge is -2.16. The summed E-state index contributed by atoms with van der Waals surface area (Å²) in [4.78, 5) is 31.3. The third-order valence-corrected chi connectivity index (χ3v) is 5.69. The lowest BCUT2D eigenvalue weighted by Crippen LogP contribution is -2.30. The Bertz CT molecular complexity index is 1160. The quantitative estimate of drug-likeness (QED) is 0.485. The number of ether oxygens (including phenoxy) is 2. The number of carbonyl (C=O) groups excluding carboxylic acids is 2. The SMILES string of the molecule is COc1ccc(Nc2cc(C(=O)NCCCN3CCCC3=O)c3ccccc3n2)c(OC)c1. The molecule has 0 unspecified atom stereocenters. The molecule has 0 spiro atoms. The summed E-state index contributed by atoms with van der Waals surface area (Å²) in [5.41, 5.74) is 1.96. The van der Waals surface area contributed by atoms with Crippen LogP contribution in [0.3, 0.4) is 0 Å². The molecule has 1 saturated heterocycles. The summed E-state index contributed by atoms with van der Waals surface area (Å²) in [5.74, 6) is 1.84. The largest absolute Gasteiger partial charge is 0.497 e. The Labute approximate surface area is 192 Å². The van der Waals surface area contributed by atoms with Gasteiger partial charge in [-0.3, -0.25) is 9.59 Å². The molecule has 1 fully saturated rings. The van der Waals surface area contributed by atoms with Gasteiger partial charge in [-0.1, -0.05) is 18.2 Å². The van der Waals surface area contributed by atoms with Crippen LogP contribution < -0.4 is 20.1 Å². The van der Waals surface area contributed by atoms with Gasteiger partial charge >= 0.3 is 0 Å². The summed E-state index contributed by atoms with van der Waals surface area (Å²) in [5, 5.41) is 7.02. The summed E-state index contributed by atoms with van der Waals surface area (Å²) in [7, 11) is 3.18. The van der Waals surface area contributed by atoms with E-state index in [-0.39, 0.29) is 11.8 Å². The molecule has 2 aromatic carbocycles. The molecule has 1 aliphatic rings. The topological polar surface area (TPSA) is 92.8 Å². The number of benzene rings is 2. The Kier molecular flexibility index (Phi) is 6.92. The van der Waals surface area contributed by atoms with Crippen molar-refractivity contribution in [3.63, 3.8) is 0 Å². The first-order chi connectivity index (χ1) is 16.1. The fourth-order valence-electron chi connectivity index (χ4n) is 3.97. The van der Waals surface area contributed by atoms with E-state index >= 15 is 0 Å². The summed E-state index contributed by atoms with van der Waals surface area (Å²) in [6.45, 7) is 1.97. The van der Waals surface area contributed by atoms with Crippen LogP contribution in [0.1, 0.15) is 29.6 Å². The van der Waals surface area contributed by atoms with E-state index < -0.39 is 0 Å². The van der Waals surface area contributed by atoms with Crippen molar-refractivity contribution in [1.29, 1.82) is 0 Å². The van der Waals surface area contributed by atoms with E-state index in [1.807, 2.05) is 41.3 Å². The minimum absolute atomic E-state index is 0.175. The number of amides is 2. The number of anilines is 2. The number of methoxy groups -OCH3 is 2. The van der Waals surface area contributed by atoms with Crippen LogP contribution in [0.15, 0.2) is 48.5 Å². The maximum atomic E-state index is 13.0. The molecule has 3 aromatic rings. The van der Waals surface area contributed by atoms with Gasteiger partial charge in [-0.25, -0.2) is 4.98 Å². The van der Waals surface area contributed by atoms with E-state index in [2.05, 4.69) is 15.6 Å². The smallest absolute Gasteiger partial charge is 0.252 e. The first kappa shape index (κ1) is 22.4. The molecule has 4 rings (SSSR count). The van der Waals surface area contributed by atoms with Gasteiger partial charge in [0, 0.05) is 37.5 Å². The molecule has 0 aliphatic carbocycles. The number of nitrogens with one attached hydrogen (secondary N) is 2. The molecule has 33 heavy (non-hydrogen) atoms. The monoisotopic (exact) mass is 448 g/mol. The average Bonchev–Trinajstić information content (AvgIpc) is 3.25. The van der Waals surface area contributed by atoms with Crippen LogP contribution in [0.5, 0.6) is 11.5 Å². The van der Waals surface area contributed by atoms with E-state index in [4.69, 9.17) is 9.47 Å². The van der Waals surface area contributed by atoms with Crippen molar-refractivity contribution in [3.05, 3.63) is 54.1 Å². The molecular formula is C25H28N4O4. The number of rotatable bonds is 9. The zero-order valence-corrected chi connectivity index (χ0v) is 18.9. The van der Waals surface area contributed by atoms with Gasteiger partial charge in [-0.05, 0) is 37.1 Å². The second-order valence-corrected chi connectivity index (χ2v) is 7.86. The lowest BCUT2D eigenvalue weighted by molar-refractivity contribution is -0.127. The molecule has 2 amide bonds.